The monoisotopic (exact) mass is 303 g/mol. The van der Waals surface area contributed by atoms with E-state index in [0.29, 0.717) is 0 Å². The fraction of sp³-hybridized carbons (Fsp3) is 0.182. The topological polar surface area (TPSA) is 122 Å². The van der Waals surface area contributed by atoms with Crippen molar-refractivity contribution in [2.24, 2.45) is 5.73 Å². The van der Waals surface area contributed by atoms with Crippen molar-refractivity contribution >= 4 is 35.2 Å². The minimum Gasteiger partial charge on any atom is -0.480 e. The van der Waals surface area contributed by atoms with Crippen molar-refractivity contribution < 1.29 is 23.9 Å². The Morgan fingerprint density at radius 1 is 1.40 bits per heavy atom. The zero-order valence-corrected chi connectivity index (χ0v) is 10.8. The predicted molar refractivity (Wildman–Crippen MR) is 68.8 cm³/mol. The Morgan fingerprint density at radius 2 is 2.05 bits per heavy atom. The number of benzene rings is 1. The average Bonchev–Trinajstić information content (AvgIpc) is 2.32. The molecule has 1 rings (SSSR count). The first-order valence-corrected chi connectivity index (χ1v) is 5.71. The highest BCUT2D eigenvalue weighted by Crippen LogP contribution is 2.22. The van der Waals surface area contributed by atoms with E-state index in [1.807, 2.05) is 5.32 Å². The number of amides is 3. The number of carboxylic acids is 1. The Kier molecular flexibility index (Phi) is 5.27. The van der Waals surface area contributed by atoms with Gasteiger partial charge in [-0.1, -0.05) is 11.6 Å². The molecule has 0 heterocycles. The molecular weight excluding hydrogens is 293 g/mol. The zero-order chi connectivity index (χ0) is 15.3. The van der Waals surface area contributed by atoms with Crippen molar-refractivity contribution in [1.82, 2.24) is 5.32 Å². The number of carboxylic acid groups (broad SMARTS) is 1. The van der Waals surface area contributed by atoms with Crippen LogP contribution in [0.25, 0.3) is 0 Å². The summed E-state index contributed by atoms with van der Waals surface area (Å²) in [5, 5.41) is 13.1. The van der Waals surface area contributed by atoms with Crippen LogP contribution >= 0.6 is 11.6 Å². The van der Waals surface area contributed by atoms with Gasteiger partial charge in [0.05, 0.1) is 17.1 Å². The molecule has 0 aliphatic heterocycles. The van der Waals surface area contributed by atoms with E-state index in [2.05, 4.69) is 5.32 Å². The largest absolute Gasteiger partial charge is 0.480 e. The van der Waals surface area contributed by atoms with Gasteiger partial charge in [0, 0.05) is 0 Å². The number of hydrogen-bond acceptors (Lipinski definition) is 3. The van der Waals surface area contributed by atoms with Gasteiger partial charge in [-0.05, 0) is 18.2 Å². The minimum absolute atomic E-state index is 0.0348. The molecule has 1 aromatic rings. The molecule has 20 heavy (non-hydrogen) atoms. The lowest BCUT2D eigenvalue weighted by Gasteiger charge is -2.14. The lowest BCUT2D eigenvalue weighted by atomic mass is 10.2. The third kappa shape index (κ3) is 4.73. The number of urea groups is 1. The summed E-state index contributed by atoms with van der Waals surface area (Å²) in [6.45, 7) is 0. The van der Waals surface area contributed by atoms with E-state index >= 15 is 0 Å². The molecule has 3 amide bonds. The summed E-state index contributed by atoms with van der Waals surface area (Å²) in [5.41, 5.74) is 4.82. The van der Waals surface area contributed by atoms with E-state index in [4.69, 9.17) is 22.4 Å². The van der Waals surface area contributed by atoms with Crippen LogP contribution in [0.15, 0.2) is 18.2 Å². The van der Waals surface area contributed by atoms with E-state index in [1.54, 1.807) is 0 Å². The zero-order valence-electron chi connectivity index (χ0n) is 10.0. The van der Waals surface area contributed by atoms with Crippen LogP contribution in [-0.2, 0) is 9.59 Å². The quantitative estimate of drug-likeness (QED) is 0.646. The van der Waals surface area contributed by atoms with E-state index in [1.165, 1.54) is 6.07 Å². The highest BCUT2D eigenvalue weighted by Gasteiger charge is 2.22. The molecule has 0 spiro atoms. The number of nitrogens with one attached hydrogen (secondary N) is 2. The number of carbonyl (C=O) groups excluding carboxylic acids is 2. The second-order valence-electron chi connectivity index (χ2n) is 3.78. The number of hydrogen-bond donors (Lipinski definition) is 4. The highest BCUT2D eigenvalue weighted by molar-refractivity contribution is 6.33. The Hall–Kier alpha value is -2.35. The number of nitrogens with two attached hydrogens (primary N) is 1. The number of carbonyl (C=O) groups is 3. The van der Waals surface area contributed by atoms with Crippen molar-refractivity contribution in [1.29, 1.82) is 0 Å². The molecule has 0 fully saturated rings. The molecule has 1 atom stereocenters. The first-order chi connectivity index (χ1) is 9.29. The summed E-state index contributed by atoms with van der Waals surface area (Å²) in [6, 6.07) is 0.848. The van der Waals surface area contributed by atoms with Crippen molar-refractivity contribution in [2.75, 3.05) is 5.32 Å². The fourth-order valence-electron chi connectivity index (χ4n) is 1.31. The van der Waals surface area contributed by atoms with Crippen LogP contribution in [0.3, 0.4) is 0 Å². The Labute approximate surface area is 117 Å². The number of halogens is 2. The molecule has 0 saturated heterocycles. The van der Waals surface area contributed by atoms with Crippen LogP contribution < -0.4 is 16.4 Å². The number of aliphatic carboxylic acids is 1. The van der Waals surface area contributed by atoms with E-state index in [0.717, 1.165) is 12.1 Å². The normalized spacial score (nSPS) is 11.5. The predicted octanol–water partition coefficient (Wildman–Crippen LogP) is 0.929. The number of primary amides is 1. The van der Waals surface area contributed by atoms with E-state index in [-0.39, 0.29) is 10.7 Å². The first kappa shape index (κ1) is 15.7. The van der Waals surface area contributed by atoms with Crippen LogP contribution in [0.5, 0.6) is 0 Å². The lowest BCUT2D eigenvalue weighted by molar-refractivity contribution is -0.140. The van der Waals surface area contributed by atoms with Gasteiger partial charge < -0.3 is 21.5 Å². The molecule has 5 N–H and O–H groups in total. The summed E-state index contributed by atoms with van der Waals surface area (Å²) in [5.74, 6) is -2.94. The van der Waals surface area contributed by atoms with E-state index in [9.17, 15) is 18.8 Å². The van der Waals surface area contributed by atoms with Gasteiger partial charge >= 0.3 is 12.0 Å². The summed E-state index contributed by atoms with van der Waals surface area (Å²) in [4.78, 5) is 33.0. The van der Waals surface area contributed by atoms with Gasteiger partial charge in [0.25, 0.3) is 0 Å². The molecule has 0 aliphatic carbocycles. The van der Waals surface area contributed by atoms with Gasteiger partial charge in [-0.15, -0.1) is 0 Å². The third-order valence-corrected chi connectivity index (χ3v) is 2.51. The summed E-state index contributed by atoms with van der Waals surface area (Å²) in [7, 11) is 0. The van der Waals surface area contributed by atoms with Gasteiger partial charge in [0.2, 0.25) is 5.91 Å². The van der Waals surface area contributed by atoms with Gasteiger partial charge in [0.1, 0.15) is 11.9 Å². The Bertz CT molecular complexity index is 552. The number of rotatable bonds is 5. The van der Waals surface area contributed by atoms with Crippen LogP contribution in [0.1, 0.15) is 6.42 Å². The van der Waals surface area contributed by atoms with Gasteiger partial charge in [-0.25, -0.2) is 14.0 Å². The second-order valence-corrected chi connectivity index (χ2v) is 4.19. The molecule has 0 bridgehead atoms. The molecule has 0 aromatic heterocycles. The second kappa shape index (κ2) is 6.71. The van der Waals surface area contributed by atoms with Gasteiger partial charge in [-0.2, -0.15) is 0 Å². The molecule has 0 aliphatic rings. The average molecular weight is 304 g/mol. The lowest BCUT2D eigenvalue weighted by Crippen LogP contribution is -2.45. The highest BCUT2D eigenvalue weighted by atomic mass is 35.5. The standard InChI is InChI=1S/C11H11ClFN3O4/c12-6-2-1-5(13)3-7(6)15-11(20)16-8(10(18)19)4-9(14)17/h1-3,8H,4H2,(H2,14,17)(H,18,19)(H2,15,16,20)/t8-/m1/s1. The molecule has 108 valence electrons. The van der Waals surface area contributed by atoms with Crippen molar-refractivity contribution in [3.05, 3.63) is 29.0 Å². The Morgan fingerprint density at radius 3 is 2.60 bits per heavy atom. The number of anilines is 1. The summed E-state index contributed by atoms with van der Waals surface area (Å²) >= 11 is 5.72. The molecular formula is C11H11ClFN3O4. The Balaban J connectivity index is 2.72. The molecule has 0 saturated carbocycles. The van der Waals surface area contributed by atoms with Crippen molar-refractivity contribution in [3.8, 4) is 0 Å². The summed E-state index contributed by atoms with van der Waals surface area (Å²) < 4.78 is 13.0. The maximum Gasteiger partial charge on any atom is 0.326 e. The fourth-order valence-corrected chi connectivity index (χ4v) is 1.48. The molecule has 0 unspecified atom stereocenters. The maximum absolute atomic E-state index is 13.0. The summed E-state index contributed by atoms with van der Waals surface area (Å²) in [6.07, 6.45) is -0.570. The first-order valence-electron chi connectivity index (χ1n) is 5.33. The minimum atomic E-state index is -1.49. The maximum atomic E-state index is 13.0. The smallest absolute Gasteiger partial charge is 0.326 e. The van der Waals surface area contributed by atoms with Gasteiger partial charge in [-0.3, -0.25) is 4.79 Å². The van der Waals surface area contributed by atoms with E-state index < -0.39 is 36.2 Å². The molecule has 9 heteroatoms. The SMILES string of the molecule is NC(=O)C[C@@H](NC(=O)Nc1cc(F)ccc1Cl)C(=O)O. The molecule has 1 aromatic carbocycles. The van der Waals surface area contributed by atoms with Gasteiger partial charge in [0.15, 0.2) is 0 Å². The van der Waals surface area contributed by atoms with Crippen LogP contribution in [0.4, 0.5) is 14.9 Å². The third-order valence-electron chi connectivity index (χ3n) is 2.19. The molecule has 0 radical (unpaired) electrons. The molecule has 7 nitrogen and oxygen atoms in total. The van der Waals surface area contributed by atoms with Crippen LogP contribution in [0, 0.1) is 5.82 Å². The van der Waals surface area contributed by atoms with Crippen molar-refractivity contribution in [2.45, 2.75) is 12.5 Å². The van der Waals surface area contributed by atoms with Crippen molar-refractivity contribution in [3.63, 3.8) is 0 Å². The van der Waals surface area contributed by atoms with Crippen LogP contribution in [-0.4, -0.2) is 29.1 Å². The van der Waals surface area contributed by atoms with Crippen LogP contribution in [0.2, 0.25) is 5.02 Å².